The van der Waals surface area contributed by atoms with Crippen LogP contribution in [0.25, 0.3) is 0 Å². The van der Waals surface area contributed by atoms with Crippen LogP contribution in [0.15, 0.2) is 40.7 Å². The van der Waals surface area contributed by atoms with Gasteiger partial charge in [0.2, 0.25) is 0 Å². The van der Waals surface area contributed by atoms with E-state index in [0.29, 0.717) is 0 Å². The molecule has 2 aliphatic rings. The Hall–Kier alpha value is -0.840. The topological polar surface area (TPSA) is 15.6 Å². The summed E-state index contributed by atoms with van der Waals surface area (Å²) in [5, 5.41) is 0. The fraction of sp³-hybridized carbons (Fsp3) is 0.308. The summed E-state index contributed by atoms with van der Waals surface area (Å²) in [4.78, 5) is 4.65. The van der Waals surface area contributed by atoms with E-state index in [9.17, 15) is 0 Å². The van der Waals surface area contributed by atoms with Gasteiger partial charge in [-0.1, -0.05) is 18.2 Å². The molecule has 16 heavy (non-hydrogen) atoms. The molecule has 1 heterocycles. The third-order valence-electron chi connectivity index (χ3n) is 3.15. The van der Waals surface area contributed by atoms with Crippen LogP contribution in [0.2, 0.25) is 0 Å². The summed E-state index contributed by atoms with van der Waals surface area (Å²) < 4.78 is 2.29. The number of rotatable bonds is 0. The molecule has 1 aromatic carbocycles. The Balaban J connectivity index is 2.13. The molecular weight excluding hydrogens is 311 g/mol. The zero-order valence-electron chi connectivity index (χ0n) is 8.99. The van der Waals surface area contributed by atoms with Crippen LogP contribution in [0.5, 0.6) is 0 Å². The molecule has 0 aromatic heterocycles. The molecule has 0 fully saturated rings. The van der Waals surface area contributed by atoms with Crippen molar-refractivity contribution >= 4 is 34.8 Å². The van der Waals surface area contributed by atoms with Gasteiger partial charge in [0.1, 0.15) is 0 Å². The molecule has 1 aliphatic carbocycles. The minimum absolute atomic E-state index is 1.12. The van der Waals surface area contributed by atoms with Gasteiger partial charge in [-0.15, -0.1) is 0 Å². The lowest BCUT2D eigenvalue weighted by Crippen LogP contribution is -2.13. The fourth-order valence-electron chi connectivity index (χ4n) is 2.29. The second kappa shape index (κ2) is 4.20. The minimum Gasteiger partial charge on any atom is -0.285 e. The van der Waals surface area contributed by atoms with Gasteiger partial charge in [0.25, 0.3) is 0 Å². The van der Waals surface area contributed by atoms with Crippen molar-refractivity contribution < 1.29 is 0 Å². The molecule has 0 saturated heterocycles. The first-order valence-electron chi connectivity index (χ1n) is 5.67. The van der Waals surface area contributed by atoms with Crippen LogP contribution in [0.3, 0.4) is 0 Å². The standard InChI is InChI=1S/C13H13IN2/c14-16-12-7-3-1-5-10(12)9-15-11-6-2-4-8-13(11)16/h1,3,5,7,9H,2,4,6,8H2. The van der Waals surface area contributed by atoms with Gasteiger partial charge in [0, 0.05) is 17.5 Å². The highest BCUT2D eigenvalue weighted by atomic mass is 127. The van der Waals surface area contributed by atoms with Crippen LogP contribution in [0.1, 0.15) is 31.2 Å². The number of benzene rings is 1. The average molecular weight is 324 g/mol. The lowest BCUT2D eigenvalue weighted by molar-refractivity contribution is 0.666. The second-order valence-corrected chi connectivity index (χ2v) is 5.16. The van der Waals surface area contributed by atoms with Crippen molar-refractivity contribution in [2.45, 2.75) is 25.7 Å². The van der Waals surface area contributed by atoms with Gasteiger partial charge >= 0.3 is 0 Å². The molecule has 0 N–H and O–H groups in total. The summed E-state index contributed by atoms with van der Waals surface area (Å²) >= 11 is 2.40. The third kappa shape index (κ3) is 1.67. The molecular formula is C13H13IN2. The summed E-state index contributed by atoms with van der Waals surface area (Å²) in [7, 11) is 0. The number of halogens is 1. The maximum atomic E-state index is 4.65. The van der Waals surface area contributed by atoms with Gasteiger partial charge in [-0.3, -0.25) is 8.11 Å². The molecule has 0 radical (unpaired) electrons. The van der Waals surface area contributed by atoms with E-state index in [1.54, 1.807) is 0 Å². The van der Waals surface area contributed by atoms with Crippen molar-refractivity contribution in [2.75, 3.05) is 3.11 Å². The lowest BCUT2D eigenvalue weighted by Gasteiger charge is -2.24. The van der Waals surface area contributed by atoms with Crippen molar-refractivity contribution in [3.05, 3.63) is 41.2 Å². The van der Waals surface area contributed by atoms with Crippen LogP contribution in [0, 0.1) is 0 Å². The van der Waals surface area contributed by atoms with E-state index in [4.69, 9.17) is 0 Å². The summed E-state index contributed by atoms with van der Waals surface area (Å²) in [5.41, 5.74) is 5.15. The number of aliphatic imine (C=N–C) groups is 1. The summed E-state index contributed by atoms with van der Waals surface area (Å²) in [6.45, 7) is 0. The molecule has 3 heteroatoms. The highest BCUT2D eigenvalue weighted by Gasteiger charge is 2.21. The van der Waals surface area contributed by atoms with Crippen LogP contribution < -0.4 is 3.11 Å². The van der Waals surface area contributed by atoms with E-state index in [2.05, 4.69) is 55.2 Å². The van der Waals surface area contributed by atoms with E-state index < -0.39 is 0 Å². The van der Waals surface area contributed by atoms with Crippen LogP contribution in [-0.4, -0.2) is 6.21 Å². The maximum absolute atomic E-state index is 4.65. The number of nitrogens with zero attached hydrogens (tertiary/aromatic N) is 2. The van der Waals surface area contributed by atoms with Crippen molar-refractivity contribution in [1.29, 1.82) is 0 Å². The van der Waals surface area contributed by atoms with Gasteiger partial charge in [-0.2, -0.15) is 0 Å². The Morgan fingerprint density at radius 2 is 1.94 bits per heavy atom. The predicted octanol–water partition coefficient (Wildman–Crippen LogP) is 4.06. The minimum atomic E-state index is 1.12. The Kier molecular flexibility index (Phi) is 2.71. The first kappa shape index (κ1) is 10.3. The first-order valence-corrected chi connectivity index (χ1v) is 6.64. The van der Waals surface area contributed by atoms with E-state index in [1.165, 1.54) is 35.5 Å². The van der Waals surface area contributed by atoms with Gasteiger partial charge in [-0.05, 0) is 31.7 Å². The molecule has 82 valence electrons. The Morgan fingerprint density at radius 3 is 2.88 bits per heavy atom. The second-order valence-electron chi connectivity index (χ2n) is 4.20. The van der Waals surface area contributed by atoms with Crippen LogP contribution in [-0.2, 0) is 0 Å². The van der Waals surface area contributed by atoms with Crippen LogP contribution in [0.4, 0.5) is 5.69 Å². The third-order valence-corrected chi connectivity index (χ3v) is 4.26. The molecule has 1 aliphatic heterocycles. The number of hydrogen-bond acceptors (Lipinski definition) is 2. The van der Waals surface area contributed by atoms with Crippen molar-refractivity contribution in [2.24, 2.45) is 4.99 Å². The lowest BCUT2D eigenvalue weighted by atomic mass is 10.0. The molecule has 3 rings (SSSR count). The number of anilines is 1. The first-order chi connectivity index (χ1) is 7.86. The highest BCUT2D eigenvalue weighted by molar-refractivity contribution is 14.1. The molecule has 0 amide bonds. The van der Waals surface area contributed by atoms with E-state index in [1.807, 2.05) is 6.21 Å². The quantitative estimate of drug-likeness (QED) is 0.519. The zero-order chi connectivity index (χ0) is 11.0. The highest BCUT2D eigenvalue weighted by Crippen LogP contribution is 2.37. The normalized spacial score (nSPS) is 19.2. The van der Waals surface area contributed by atoms with Crippen molar-refractivity contribution in [1.82, 2.24) is 0 Å². The van der Waals surface area contributed by atoms with Gasteiger partial charge < -0.3 is 0 Å². The molecule has 1 aromatic rings. The van der Waals surface area contributed by atoms with Crippen molar-refractivity contribution in [3.8, 4) is 0 Å². The number of hydrogen-bond donors (Lipinski definition) is 0. The largest absolute Gasteiger partial charge is 0.285 e. The molecule has 0 bridgehead atoms. The predicted molar refractivity (Wildman–Crippen MR) is 76.0 cm³/mol. The van der Waals surface area contributed by atoms with E-state index in [0.717, 1.165) is 12.8 Å². The summed E-state index contributed by atoms with van der Waals surface area (Å²) in [5.74, 6) is 0. The molecule has 2 nitrogen and oxygen atoms in total. The number of fused-ring (bicyclic) bond motifs is 1. The SMILES string of the molecule is IN1C2=C(CCCC2)N=Cc2ccccc21. The number of allylic oxidation sites excluding steroid dienone is 2. The summed E-state index contributed by atoms with van der Waals surface area (Å²) in [6.07, 6.45) is 6.85. The van der Waals surface area contributed by atoms with Gasteiger partial charge in [0.05, 0.1) is 34.2 Å². The molecule has 0 saturated carbocycles. The van der Waals surface area contributed by atoms with E-state index in [-0.39, 0.29) is 0 Å². The maximum Gasteiger partial charge on any atom is 0.0643 e. The Labute approximate surface area is 110 Å². The molecule has 0 spiro atoms. The van der Waals surface area contributed by atoms with Gasteiger partial charge in [-0.25, -0.2) is 0 Å². The number of para-hydroxylation sites is 1. The Bertz CT molecular complexity index is 477. The zero-order valence-corrected chi connectivity index (χ0v) is 11.1. The van der Waals surface area contributed by atoms with Crippen molar-refractivity contribution in [3.63, 3.8) is 0 Å². The van der Waals surface area contributed by atoms with Crippen LogP contribution >= 0.6 is 22.9 Å². The van der Waals surface area contributed by atoms with E-state index >= 15 is 0 Å². The monoisotopic (exact) mass is 324 g/mol. The summed E-state index contributed by atoms with van der Waals surface area (Å²) in [6, 6.07) is 8.45. The average Bonchev–Trinajstić information content (AvgIpc) is 2.49. The smallest absolute Gasteiger partial charge is 0.0643 e. The Morgan fingerprint density at radius 1 is 1.12 bits per heavy atom. The molecule has 0 atom stereocenters. The fourth-order valence-corrected chi connectivity index (χ4v) is 3.25. The van der Waals surface area contributed by atoms with Gasteiger partial charge in [0.15, 0.2) is 0 Å². The molecule has 0 unspecified atom stereocenters.